The fourth-order valence-electron chi connectivity index (χ4n) is 4.47. The number of aromatic nitrogens is 1. The quantitative estimate of drug-likeness (QED) is 0.580. The fourth-order valence-corrected chi connectivity index (χ4v) is 4.47. The zero-order valence-electron chi connectivity index (χ0n) is 19.6. The van der Waals surface area contributed by atoms with E-state index in [0.717, 1.165) is 30.7 Å². The first kappa shape index (κ1) is 23.6. The molecular formula is C28H30FN3O2. The summed E-state index contributed by atoms with van der Waals surface area (Å²) in [6.07, 6.45) is 2.60. The molecule has 1 aromatic heterocycles. The van der Waals surface area contributed by atoms with E-state index in [1.54, 1.807) is 13.8 Å². The van der Waals surface area contributed by atoms with Gasteiger partial charge in [0.2, 0.25) is 5.91 Å². The third-order valence-electron chi connectivity index (χ3n) is 6.23. The zero-order valence-corrected chi connectivity index (χ0v) is 19.6. The summed E-state index contributed by atoms with van der Waals surface area (Å²) in [5, 5.41) is 2.78. The molecule has 0 bridgehead atoms. The highest BCUT2D eigenvalue weighted by Crippen LogP contribution is 2.27. The number of carbonyl (C=O) groups is 2. The van der Waals surface area contributed by atoms with Crippen molar-refractivity contribution in [3.8, 4) is 0 Å². The monoisotopic (exact) mass is 459 g/mol. The number of hydrogen-bond acceptors (Lipinski definition) is 3. The number of halogens is 1. The zero-order chi connectivity index (χ0) is 24.1. The summed E-state index contributed by atoms with van der Waals surface area (Å²) in [4.78, 5) is 32.7. The molecule has 1 atom stereocenters. The molecule has 176 valence electrons. The van der Waals surface area contributed by atoms with Crippen molar-refractivity contribution in [1.29, 1.82) is 0 Å². The molecule has 0 radical (unpaired) electrons. The Bertz CT molecular complexity index is 1160. The Hall–Kier alpha value is -3.54. The van der Waals surface area contributed by atoms with Crippen molar-refractivity contribution in [3.05, 3.63) is 101 Å². The topological polar surface area (TPSA) is 62.3 Å². The molecule has 6 heteroatoms. The normalized spacial score (nSPS) is 16.2. The van der Waals surface area contributed by atoms with Crippen LogP contribution in [0.2, 0.25) is 0 Å². The van der Waals surface area contributed by atoms with Gasteiger partial charge in [0.25, 0.3) is 5.91 Å². The number of piperidine rings is 1. The predicted octanol–water partition coefficient (Wildman–Crippen LogP) is 4.73. The summed E-state index contributed by atoms with van der Waals surface area (Å²) in [5.74, 6) is -0.968. The lowest BCUT2D eigenvalue weighted by atomic mass is 9.92. The average Bonchev–Trinajstić information content (AvgIpc) is 2.84. The third-order valence-corrected chi connectivity index (χ3v) is 6.23. The van der Waals surface area contributed by atoms with Crippen molar-refractivity contribution in [2.24, 2.45) is 0 Å². The first-order chi connectivity index (χ1) is 16.3. The molecule has 2 amide bonds. The Morgan fingerprint density at radius 2 is 1.82 bits per heavy atom. The van der Waals surface area contributed by atoms with Crippen molar-refractivity contribution < 1.29 is 14.0 Å². The number of nitrogens with one attached hydrogen (secondary N) is 1. The summed E-state index contributed by atoms with van der Waals surface area (Å²) in [5.41, 5.74) is 2.29. The molecule has 1 aliphatic heterocycles. The number of carbonyl (C=O) groups excluding carboxylic acids is 2. The van der Waals surface area contributed by atoms with E-state index in [4.69, 9.17) is 4.98 Å². The second-order valence-corrected chi connectivity index (χ2v) is 9.40. The summed E-state index contributed by atoms with van der Waals surface area (Å²) < 4.78 is 13.5. The lowest BCUT2D eigenvalue weighted by Gasteiger charge is -2.37. The Morgan fingerprint density at radius 1 is 1.06 bits per heavy atom. The Balaban J connectivity index is 1.43. The van der Waals surface area contributed by atoms with Crippen molar-refractivity contribution in [3.63, 3.8) is 0 Å². The van der Waals surface area contributed by atoms with Gasteiger partial charge >= 0.3 is 0 Å². The van der Waals surface area contributed by atoms with Gasteiger partial charge in [0.1, 0.15) is 11.4 Å². The minimum absolute atomic E-state index is 0.142. The van der Waals surface area contributed by atoms with E-state index < -0.39 is 17.3 Å². The average molecular weight is 460 g/mol. The molecule has 1 saturated heterocycles. The van der Waals surface area contributed by atoms with Gasteiger partial charge in [-0.2, -0.15) is 0 Å². The second-order valence-electron chi connectivity index (χ2n) is 9.40. The lowest BCUT2D eigenvalue weighted by Crippen LogP contribution is -2.57. The van der Waals surface area contributed by atoms with Crippen LogP contribution in [0.3, 0.4) is 0 Å². The number of pyridine rings is 1. The Kier molecular flexibility index (Phi) is 7.06. The summed E-state index contributed by atoms with van der Waals surface area (Å²) >= 11 is 0. The van der Waals surface area contributed by atoms with Crippen molar-refractivity contribution in [1.82, 2.24) is 15.2 Å². The van der Waals surface area contributed by atoms with Crippen LogP contribution >= 0.6 is 0 Å². The standard InChI is InChI=1S/C28H30FN3O2/c1-28(2,31-26(33)21-11-6-13-23(29)18-21)27(34)32-16-8-12-22(19-32)25-15-7-14-24(30-25)17-20-9-4-3-5-10-20/h3-7,9-11,13-15,18,22H,8,12,16-17,19H2,1-2H3,(H,31,33)/t22-/m1/s1. The van der Waals surface area contributed by atoms with Gasteiger partial charge in [-0.1, -0.05) is 42.5 Å². The van der Waals surface area contributed by atoms with Crippen LogP contribution in [0.5, 0.6) is 0 Å². The molecule has 34 heavy (non-hydrogen) atoms. The highest BCUT2D eigenvalue weighted by atomic mass is 19.1. The molecule has 0 unspecified atom stereocenters. The maximum absolute atomic E-state index is 13.5. The molecule has 1 aliphatic rings. The molecule has 1 fully saturated rings. The smallest absolute Gasteiger partial charge is 0.252 e. The van der Waals surface area contributed by atoms with E-state index >= 15 is 0 Å². The molecule has 0 spiro atoms. The number of nitrogens with zero attached hydrogens (tertiary/aromatic N) is 2. The Morgan fingerprint density at radius 3 is 2.59 bits per heavy atom. The van der Waals surface area contributed by atoms with Gasteiger partial charge in [-0.25, -0.2) is 4.39 Å². The summed E-state index contributed by atoms with van der Waals surface area (Å²) in [6, 6.07) is 21.8. The minimum Gasteiger partial charge on any atom is -0.340 e. The van der Waals surface area contributed by atoms with Gasteiger partial charge in [0.05, 0.1) is 0 Å². The van der Waals surface area contributed by atoms with E-state index in [1.165, 1.54) is 29.8 Å². The SMILES string of the molecule is CC(C)(NC(=O)c1cccc(F)c1)C(=O)N1CCC[C@@H](c2cccc(Cc3ccccc3)n2)C1. The van der Waals surface area contributed by atoms with E-state index in [2.05, 4.69) is 17.4 Å². The highest BCUT2D eigenvalue weighted by molar-refractivity contribution is 5.99. The van der Waals surface area contributed by atoms with Gasteiger partial charge in [0.15, 0.2) is 0 Å². The van der Waals surface area contributed by atoms with E-state index in [9.17, 15) is 14.0 Å². The maximum atomic E-state index is 13.5. The van der Waals surface area contributed by atoms with Crippen molar-refractivity contribution in [2.45, 2.75) is 44.6 Å². The van der Waals surface area contributed by atoms with E-state index in [-0.39, 0.29) is 17.4 Å². The van der Waals surface area contributed by atoms with E-state index in [0.29, 0.717) is 13.1 Å². The van der Waals surface area contributed by atoms with E-state index in [1.807, 2.05) is 41.3 Å². The van der Waals surface area contributed by atoms with Gasteiger partial charge in [-0.15, -0.1) is 0 Å². The third kappa shape index (κ3) is 5.68. The largest absolute Gasteiger partial charge is 0.340 e. The lowest BCUT2D eigenvalue weighted by molar-refractivity contribution is -0.138. The maximum Gasteiger partial charge on any atom is 0.252 e. The first-order valence-corrected chi connectivity index (χ1v) is 11.7. The van der Waals surface area contributed by atoms with Crippen LogP contribution in [0, 0.1) is 5.82 Å². The van der Waals surface area contributed by atoms with Crippen LogP contribution in [0.15, 0.2) is 72.8 Å². The van der Waals surface area contributed by atoms with Crippen LogP contribution in [-0.4, -0.2) is 40.3 Å². The number of benzene rings is 2. The molecule has 4 rings (SSSR count). The fraction of sp³-hybridized carbons (Fsp3) is 0.321. The molecule has 5 nitrogen and oxygen atoms in total. The summed E-state index contributed by atoms with van der Waals surface area (Å²) in [6.45, 7) is 4.57. The second kappa shape index (κ2) is 10.2. The summed E-state index contributed by atoms with van der Waals surface area (Å²) in [7, 11) is 0. The van der Waals surface area contributed by atoms with Crippen LogP contribution in [0.4, 0.5) is 4.39 Å². The molecule has 2 heterocycles. The van der Waals surface area contributed by atoms with Crippen molar-refractivity contribution >= 4 is 11.8 Å². The number of likely N-dealkylation sites (tertiary alicyclic amines) is 1. The molecular weight excluding hydrogens is 429 g/mol. The minimum atomic E-state index is -1.12. The first-order valence-electron chi connectivity index (χ1n) is 11.7. The van der Waals surface area contributed by atoms with Crippen LogP contribution in [0.1, 0.15) is 59.9 Å². The number of amides is 2. The van der Waals surface area contributed by atoms with Gasteiger partial charge in [-0.05, 0) is 62.6 Å². The molecule has 3 aromatic rings. The highest BCUT2D eigenvalue weighted by Gasteiger charge is 2.36. The van der Waals surface area contributed by atoms with Gasteiger partial charge in [0, 0.05) is 42.4 Å². The van der Waals surface area contributed by atoms with Crippen LogP contribution < -0.4 is 5.32 Å². The molecule has 1 N–H and O–H groups in total. The van der Waals surface area contributed by atoms with Crippen LogP contribution in [0.25, 0.3) is 0 Å². The van der Waals surface area contributed by atoms with Gasteiger partial charge < -0.3 is 10.2 Å². The molecule has 0 aliphatic carbocycles. The van der Waals surface area contributed by atoms with Crippen molar-refractivity contribution in [2.75, 3.05) is 13.1 Å². The number of rotatable bonds is 6. The molecule has 2 aromatic carbocycles. The van der Waals surface area contributed by atoms with Crippen LogP contribution in [-0.2, 0) is 11.2 Å². The Labute approximate surface area is 200 Å². The number of hydrogen-bond donors (Lipinski definition) is 1. The molecule has 0 saturated carbocycles. The predicted molar refractivity (Wildman–Crippen MR) is 130 cm³/mol. The van der Waals surface area contributed by atoms with Gasteiger partial charge in [-0.3, -0.25) is 14.6 Å².